The molecular formula is C17H19FN2O. The van der Waals surface area contributed by atoms with Crippen LogP contribution in [0, 0.1) is 12.7 Å². The summed E-state index contributed by atoms with van der Waals surface area (Å²) in [7, 11) is 1.87. The molecule has 2 aromatic rings. The Labute approximate surface area is 124 Å². The van der Waals surface area contributed by atoms with Crippen molar-refractivity contribution in [1.29, 1.82) is 0 Å². The van der Waals surface area contributed by atoms with E-state index in [1.54, 1.807) is 18.2 Å². The Morgan fingerprint density at radius 2 is 1.81 bits per heavy atom. The molecule has 0 atom stereocenters. The van der Waals surface area contributed by atoms with Crippen molar-refractivity contribution < 1.29 is 9.18 Å². The molecule has 0 spiro atoms. The lowest BCUT2D eigenvalue weighted by Crippen LogP contribution is -2.30. The monoisotopic (exact) mass is 286 g/mol. The van der Waals surface area contributed by atoms with Gasteiger partial charge in [0.05, 0.1) is 12.2 Å². The van der Waals surface area contributed by atoms with Crippen LogP contribution in [0.5, 0.6) is 0 Å². The topological polar surface area (TPSA) is 32.3 Å². The number of para-hydroxylation sites is 1. The van der Waals surface area contributed by atoms with E-state index in [-0.39, 0.29) is 18.1 Å². The number of carbonyl (C=O) groups is 1. The Morgan fingerprint density at radius 1 is 1.14 bits per heavy atom. The molecule has 0 radical (unpaired) electrons. The van der Waals surface area contributed by atoms with E-state index >= 15 is 0 Å². The summed E-state index contributed by atoms with van der Waals surface area (Å²) in [6, 6.07) is 14.2. The summed E-state index contributed by atoms with van der Waals surface area (Å²) in [6.07, 6.45) is 0. The quantitative estimate of drug-likeness (QED) is 0.915. The largest absolute Gasteiger partial charge is 0.322 e. The predicted octanol–water partition coefficient (Wildman–Crippen LogP) is 3.20. The molecule has 3 nitrogen and oxygen atoms in total. The van der Waals surface area contributed by atoms with Crippen molar-refractivity contribution in [3.8, 4) is 0 Å². The van der Waals surface area contributed by atoms with Crippen LogP contribution in [0.1, 0.15) is 11.1 Å². The van der Waals surface area contributed by atoms with Gasteiger partial charge < -0.3 is 5.32 Å². The number of rotatable bonds is 5. The maximum atomic E-state index is 13.5. The summed E-state index contributed by atoms with van der Waals surface area (Å²) >= 11 is 0. The Bertz CT molecular complexity index is 628. The molecule has 0 saturated carbocycles. The highest BCUT2D eigenvalue weighted by atomic mass is 19.1. The summed E-state index contributed by atoms with van der Waals surface area (Å²) in [6.45, 7) is 2.93. The zero-order chi connectivity index (χ0) is 15.2. The third kappa shape index (κ3) is 4.39. The van der Waals surface area contributed by atoms with Gasteiger partial charge in [-0.1, -0.05) is 36.4 Å². The molecule has 110 valence electrons. The fraction of sp³-hybridized carbons (Fsp3) is 0.235. The second kappa shape index (κ2) is 6.99. The molecule has 0 heterocycles. The molecule has 0 bridgehead atoms. The van der Waals surface area contributed by atoms with Crippen LogP contribution >= 0.6 is 0 Å². The second-order valence-electron chi connectivity index (χ2n) is 5.13. The maximum absolute atomic E-state index is 13.5. The molecule has 1 amide bonds. The van der Waals surface area contributed by atoms with E-state index in [2.05, 4.69) is 5.32 Å². The Balaban J connectivity index is 1.91. The standard InChI is InChI=1S/C17H19FN2O/c1-13-7-3-4-8-14(13)11-20(2)12-17(21)19-16-10-6-5-9-15(16)18/h3-10H,11-12H2,1-2H3,(H,19,21). The number of nitrogens with one attached hydrogen (secondary N) is 1. The highest BCUT2D eigenvalue weighted by Gasteiger charge is 2.10. The third-order valence-electron chi connectivity index (χ3n) is 3.26. The van der Waals surface area contributed by atoms with Gasteiger partial charge in [-0.15, -0.1) is 0 Å². The van der Waals surface area contributed by atoms with Gasteiger partial charge in [0.15, 0.2) is 0 Å². The SMILES string of the molecule is Cc1ccccc1CN(C)CC(=O)Nc1ccccc1F. The molecular weight excluding hydrogens is 267 g/mol. The first-order valence-corrected chi connectivity index (χ1v) is 6.83. The number of aryl methyl sites for hydroxylation is 1. The lowest BCUT2D eigenvalue weighted by atomic mass is 10.1. The predicted molar refractivity (Wildman–Crippen MR) is 82.5 cm³/mol. The van der Waals surface area contributed by atoms with E-state index in [9.17, 15) is 9.18 Å². The second-order valence-corrected chi connectivity index (χ2v) is 5.13. The summed E-state index contributed by atoms with van der Waals surface area (Å²) in [4.78, 5) is 13.8. The summed E-state index contributed by atoms with van der Waals surface area (Å²) < 4.78 is 13.5. The van der Waals surface area contributed by atoms with Crippen molar-refractivity contribution in [3.05, 3.63) is 65.5 Å². The number of carbonyl (C=O) groups excluding carboxylic acids is 1. The average Bonchev–Trinajstić information content (AvgIpc) is 2.44. The molecule has 4 heteroatoms. The minimum atomic E-state index is -0.424. The minimum Gasteiger partial charge on any atom is -0.322 e. The van der Waals surface area contributed by atoms with Gasteiger partial charge in [-0.05, 0) is 37.2 Å². The molecule has 1 N–H and O–H groups in total. The summed E-state index contributed by atoms with van der Waals surface area (Å²) in [5, 5.41) is 2.59. The zero-order valence-corrected chi connectivity index (χ0v) is 12.3. The van der Waals surface area contributed by atoms with Crippen LogP contribution in [0.4, 0.5) is 10.1 Å². The third-order valence-corrected chi connectivity index (χ3v) is 3.26. The van der Waals surface area contributed by atoms with Gasteiger partial charge in [0.2, 0.25) is 5.91 Å². The first kappa shape index (κ1) is 15.2. The highest BCUT2D eigenvalue weighted by molar-refractivity contribution is 5.92. The summed E-state index contributed by atoms with van der Waals surface area (Å²) in [5.41, 5.74) is 2.59. The number of anilines is 1. The molecule has 0 aliphatic heterocycles. The van der Waals surface area contributed by atoms with Gasteiger partial charge in [-0.25, -0.2) is 4.39 Å². The van der Waals surface area contributed by atoms with E-state index in [1.165, 1.54) is 17.2 Å². The molecule has 2 aromatic carbocycles. The van der Waals surface area contributed by atoms with Crippen molar-refractivity contribution in [2.75, 3.05) is 18.9 Å². The first-order chi connectivity index (χ1) is 10.1. The van der Waals surface area contributed by atoms with Crippen molar-refractivity contribution in [3.63, 3.8) is 0 Å². The molecule has 0 saturated heterocycles. The van der Waals surface area contributed by atoms with Crippen LogP contribution in [0.3, 0.4) is 0 Å². The maximum Gasteiger partial charge on any atom is 0.238 e. The summed E-state index contributed by atoms with van der Waals surface area (Å²) in [5.74, 6) is -0.649. The van der Waals surface area contributed by atoms with Crippen LogP contribution in [0.15, 0.2) is 48.5 Å². The van der Waals surface area contributed by atoms with Crippen molar-refractivity contribution in [2.24, 2.45) is 0 Å². The Morgan fingerprint density at radius 3 is 2.52 bits per heavy atom. The van der Waals surface area contributed by atoms with E-state index in [0.717, 1.165) is 0 Å². The lowest BCUT2D eigenvalue weighted by Gasteiger charge is -2.17. The molecule has 0 fully saturated rings. The fourth-order valence-corrected chi connectivity index (χ4v) is 2.13. The lowest BCUT2D eigenvalue weighted by molar-refractivity contribution is -0.117. The molecule has 0 unspecified atom stereocenters. The van der Waals surface area contributed by atoms with Crippen LogP contribution in [-0.2, 0) is 11.3 Å². The van der Waals surface area contributed by atoms with E-state index in [1.807, 2.05) is 43.1 Å². The fourth-order valence-electron chi connectivity index (χ4n) is 2.13. The molecule has 21 heavy (non-hydrogen) atoms. The van der Waals surface area contributed by atoms with Crippen LogP contribution in [0.2, 0.25) is 0 Å². The highest BCUT2D eigenvalue weighted by Crippen LogP contribution is 2.13. The van der Waals surface area contributed by atoms with Crippen molar-refractivity contribution in [1.82, 2.24) is 4.90 Å². The smallest absolute Gasteiger partial charge is 0.238 e. The zero-order valence-electron chi connectivity index (χ0n) is 12.3. The number of likely N-dealkylation sites (N-methyl/N-ethyl adjacent to an activating group) is 1. The Hall–Kier alpha value is -2.20. The number of amides is 1. The molecule has 0 aliphatic rings. The number of hydrogen-bond donors (Lipinski definition) is 1. The Kier molecular flexibility index (Phi) is 5.06. The van der Waals surface area contributed by atoms with Crippen molar-refractivity contribution in [2.45, 2.75) is 13.5 Å². The van der Waals surface area contributed by atoms with Gasteiger partial charge in [-0.2, -0.15) is 0 Å². The van der Waals surface area contributed by atoms with E-state index in [0.29, 0.717) is 6.54 Å². The number of nitrogens with zero attached hydrogens (tertiary/aromatic N) is 1. The van der Waals surface area contributed by atoms with Gasteiger partial charge in [0.1, 0.15) is 5.82 Å². The normalized spacial score (nSPS) is 10.7. The molecule has 2 rings (SSSR count). The van der Waals surface area contributed by atoms with Crippen LogP contribution < -0.4 is 5.32 Å². The molecule has 0 aromatic heterocycles. The number of halogens is 1. The van der Waals surface area contributed by atoms with Gasteiger partial charge in [0, 0.05) is 6.54 Å². The van der Waals surface area contributed by atoms with Gasteiger partial charge >= 0.3 is 0 Å². The van der Waals surface area contributed by atoms with E-state index in [4.69, 9.17) is 0 Å². The first-order valence-electron chi connectivity index (χ1n) is 6.83. The van der Waals surface area contributed by atoms with Crippen LogP contribution in [-0.4, -0.2) is 24.4 Å². The molecule has 0 aliphatic carbocycles. The number of benzene rings is 2. The van der Waals surface area contributed by atoms with Crippen LogP contribution in [0.25, 0.3) is 0 Å². The van der Waals surface area contributed by atoms with Gasteiger partial charge in [-0.3, -0.25) is 9.69 Å². The number of hydrogen-bond acceptors (Lipinski definition) is 2. The average molecular weight is 286 g/mol. The minimum absolute atomic E-state index is 0.211. The van der Waals surface area contributed by atoms with Crippen molar-refractivity contribution >= 4 is 11.6 Å². The van der Waals surface area contributed by atoms with E-state index < -0.39 is 5.82 Å². The van der Waals surface area contributed by atoms with Gasteiger partial charge in [0.25, 0.3) is 0 Å².